The van der Waals surface area contributed by atoms with Crippen LogP contribution in [0.1, 0.15) is 129 Å². The number of benzene rings is 2. The van der Waals surface area contributed by atoms with E-state index in [4.69, 9.17) is 16.3 Å². The molecule has 3 rings (SSSR count). The predicted molar refractivity (Wildman–Crippen MR) is 217 cm³/mol. The number of amides is 1. The van der Waals surface area contributed by atoms with Gasteiger partial charge in [0.05, 0.1) is 12.6 Å². The molecule has 3 aromatic rings. The first-order valence-electron chi connectivity index (χ1n) is 19.9. The Labute approximate surface area is 324 Å². The summed E-state index contributed by atoms with van der Waals surface area (Å²) in [4.78, 5) is 14.6. The lowest BCUT2D eigenvalue weighted by Crippen LogP contribution is -2.42. The van der Waals surface area contributed by atoms with Crippen molar-refractivity contribution in [3.8, 4) is 11.1 Å². The van der Waals surface area contributed by atoms with Crippen LogP contribution in [0.3, 0.4) is 0 Å². The molecule has 2 aromatic carbocycles. The maximum Gasteiger partial charge on any atom is 0.421 e. The number of rotatable bonds is 24. The van der Waals surface area contributed by atoms with Gasteiger partial charge in [-0.3, -0.25) is 10.3 Å². The van der Waals surface area contributed by atoms with E-state index in [1.165, 1.54) is 69.1 Å². The van der Waals surface area contributed by atoms with Crippen LogP contribution >= 0.6 is 11.6 Å². The van der Waals surface area contributed by atoms with Crippen LogP contribution in [-0.4, -0.2) is 47.7 Å². The molecule has 0 unspecified atom stereocenters. The molecule has 296 valence electrons. The Morgan fingerprint density at radius 3 is 2.15 bits per heavy atom. The third-order valence-corrected chi connectivity index (χ3v) is 9.90. The van der Waals surface area contributed by atoms with Crippen molar-refractivity contribution in [2.75, 3.05) is 32.1 Å². The Morgan fingerprint density at radius 2 is 1.51 bits per heavy atom. The fourth-order valence-corrected chi connectivity index (χ4v) is 7.29. The van der Waals surface area contributed by atoms with Crippen LogP contribution in [0.15, 0.2) is 60.8 Å². The van der Waals surface area contributed by atoms with Crippen LogP contribution in [0.4, 0.5) is 13.6 Å². The van der Waals surface area contributed by atoms with Gasteiger partial charge in [-0.2, -0.15) is 0 Å². The number of aromatic nitrogens is 1. The summed E-state index contributed by atoms with van der Waals surface area (Å²) in [5, 5.41) is 0. The topological polar surface area (TPSA) is 58.5 Å². The highest BCUT2D eigenvalue weighted by Crippen LogP contribution is 2.41. The smallest absolute Gasteiger partial charge is 0.421 e. The molecule has 0 saturated heterocycles. The number of halogens is 3. The van der Waals surface area contributed by atoms with Crippen LogP contribution in [0.25, 0.3) is 11.1 Å². The molecule has 1 heterocycles. The minimum atomic E-state index is -0.473. The third kappa shape index (κ3) is 17.0. The monoisotopic (exact) mass is 756 g/mol. The summed E-state index contributed by atoms with van der Waals surface area (Å²) in [6, 6.07) is 15.8. The van der Waals surface area contributed by atoms with Crippen LogP contribution in [0.5, 0.6) is 0 Å². The molecule has 6 nitrogen and oxygen atoms in total. The maximum atomic E-state index is 15.0. The van der Waals surface area contributed by atoms with Gasteiger partial charge in [-0.15, -0.1) is 11.6 Å². The number of carbonyl (C=O) groups excluding carboxylic acids is 1. The summed E-state index contributed by atoms with van der Waals surface area (Å²) in [6.07, 6.45) is 15.3. The molecule has 0 bridgehead atoms. The Morgan fingerprint density at radius 1 is 0.849 bits per heavy atom. The molecule has 0 aliphatic rings. The lowest BCUT2D eigenvalue weighted by atomic mass is 9.83. The molecule has 0 aliphatic heterocycles. The van der Waals surface area contributed by atoms with E-state index in [0.29, 0.717) is 49.6 Å². The van der Waals surface area contributed by atoms with E-state index >= 15 is 4.39 Å². The lowest BCUT2D eigenvalue weighted by molar-refractivity contribution is 0.0963. The van der Waals surface area contributed by atoms with E-state index in [0.717, 1.165) is 37.4 Å². The summed E-state index contributed by atoms with van der Waals surface area (Å²) >= 11 is 6.38. The summed E-state index contributed by atoms with van der Waals surface area (Å²) in [5.41, 5.74) is 9.04. The Balaban J connectivity index is 1.50. The second kappa shape index (κ2) is 23.1. The molecular formula is C44H67ClF2N4O2. The summed E-state index contributed by atoms with van der Waals surface area (Å²) < 4.78 is 36.9. The van der Waals surface area contributed by atoms with E-state index in [2.05, 4.69) is 74.0 Å². The number of hydrogen-bond acceptors (Lipinski definition) is 4. The summed E-state index contributed by atoms with van der Waals surface area (Å²) in [6.45, 7) is 16.5. The van der Waals surface area contributed by atoms with E-state index < -0.39 is 17.7 Å². The van der Waals surface area contributed by atoms with Crippen LogP contribution in [-0.2, 0) is 17.7 Å². The van der Waals surface area contributed by atoms with Gasteiger partial charge < -0.3 is 9.30 Å². The zero-order valence-electron chi connectivity index (χ0n) is 33.4. The first kappa shape index (κ1) is 44.5. The molecule has 0 radical (unpaired) electrons. The van der Waals surface area contributed by atoms with E-state index in [1.54, 1.807) is 0 Å². The number of unbranched alkanes of at least 4 members (excludes halogenated alkanes) is 8. The first-order chi connectivity index (χ1) is 25.3. The molecule has 0 spiro atoms. The fourth-order valence-electron chi connectivity index (χ4n) is 7.07. The molecular weight excluding hydrogens is 690 g/mol. The molecule has 9 heteroatoms. The molecule has 2 N–H and O–H groups in total. The van der Waals surface area contributed by atoms with Crippen molar-refractivity contribution in [1.29, 1.82) is 0 Å². The molecule has 0 saturated carbocycles. The van der Waals surface area contributed by atoms with Crippen molar-refractivity contribution in [3.63, 3.8) is 0 Å². The van der Waals surface area contributed by atoms with Crippen molar-refractivity contribution < 1.29 is 18.3 Å². The minimum Gasteiger partial charge on any atom is -0.449 e. The highest BCUT2D eigenvalue weighted by molar-refractivity contribution is 6.18. The van der Waals surface area contributed by atoms with Crippen molar-refractivity contribution >= 4 is 17.7 Å². The van der Waals surface area contributed by atoms with Crippen molar-refractivity contribution in [1.82, 2.24) is 20.3 Å². The van der Waals surface area contributed by atoms with Crippen molar-refractivity contribution in [2.24, 2.45) is 10.8 Å². The molecule has 1 atom stereocenters. The zero-order valence-corrected chi connectivity index (χ0v) is 34.2. The number of nitrogens with one attached hydrogen (secondary N) is 2. The minimum absolute atomic E-state index is 0.0706. The summed E-state index contributed by atoms with van der Waals surface area (Å²) in [7, 11) is 0. The molecule has 0 fully saturated rings. The Kier molecular flexibility index (Phi) is 19.4. The van der Waals surface area contributed by atoms with Gasteiger partial charge >= 0.3 is 6.09 Å². The fraction of sp³-hybridized carbons (Fsp3) is 0.614. The van der Waals surface area contributed by atoms with Gasteiger partial charge in [-0.05, 0) is 66.3 Å². The van der Waals surface area contributed by atoms with Gasteiger partial charge in [0.2, 0.25) is 0 Å². The van der Waals surface area contributed by atoms with Gasteiger partial charge in [-0.1, -0.05) is 123 Å². The van der Waals surface area contributed by atoms with Gasteiger partial charge in [0, 0.05) is 55.1 Å². The van der Waals surface area contributed by atoms with Gasteiger partial charge in [-0.25, -0.2) is 19.0 Å². The largest absolute Gasteiger partial charge is 0.449 e. The quantitative estimate of drug-likeness (QED) is 0.0543. The Bertz CT molecular complexity index is 1470. The number of aryl methyl sites for hydroxylation is 2. The van der Waals surface area contributed by atoms with E-state index in [9.17, 15) is 9.18 Å². The number of ether oxygens (including phenoxy) is 1. The summed E-state index contributed by atoms with van der Waals surface area (Å²) in [5.74, 6) is -0.485. The highest BCUT2D eigenvalue weighted by atomic mass is 35.5. The lowest BCUT2D eigenvalue weighted by Gasteiger charge is -2.41. The van der Waals surface area contributed by atoms with Gasteiger partial charge in [0.25, 0.3) is 0 Å². The molecule has 1 aromatic heterocycles. The number of carbonyl (C=O) groups is 1. The molecule has 0 aliphatic carbocycles. The van der Waals surface area contributed by atoms with Crippen LogP contribution in [0.2, 0.25) is 0 Å². The first-order valence-corrected chi connectivity index (χ1v) is 20.5. The average molecular weight is 757 g/mol. The standard InChI is InChI=1S/C44H67ClF2N4O2/c1-43(2,3)25-17-12-10-8-7-9-11-13-18-31-53-42(52)49-48-27-19-28-50(30-26-45)41(44(4,5)6)40-32-36(38-33-37(46)22-23-39(38)47)34-51(40)29-24-35-20-15-14-16-21-35/h14-16,20-23,32-34,41,48H,7-13,17-19,24-31H2,1-6H3,(H,49,52)/t41-/m0/s1. The highest BCUT2D eigenvalue weighted by Gasteiger charge is 2.34. The number of hydrazine groups is 1. The average Bonchev–Trinajstić information content (AvgIpc) is 3.51. The zero-order chi connectivity index (χ0) is 38.7. The van der Waals surface area contributed by atoms with Gasteiger partial charge in [0.1, 0.15) is 11.6 Å². The van der Waals surface area contributed by atoms with Crippen molar-refractivity contribution in [3.05, 3.63) is 83.7 Å². The molecule has 53 heavy (non-hydrogen) atoms. The maximum absolute atomic E-state index is 15.0. The number of hydrogen-bond donors (Lipinski definition) is 2. The predicted octanol–water partition coefficient (Wildman–Crippen LogP) is 11.9. The van der Waals surface area contributed by atoms with E-state index in [-0.39, 0.29) is 17.0 Å². The van der Waals surface area contributed by atoms with Crippen LogP contribution in [0, 0.1) is 22.5 Å². The number of alkyl halides is 1. The molecule has 1 amide bonds. The normalized spacial score (nSPS) is 12.7. The second-order valence-electron chi connectivity index (χ2n) is 16.7. The van der Waals surface area contributed by atoms with Crippen molar-refractivity contribution in [2.45, 2.75) is 131 Å². The van der Waals surface area contributed by atoms with E-state index in [1.807, 2.05) is 30.5 Å². The third-order valence-electron chi connectivity index (χ3n) is 9.73. The van der Waals surface area contributed by atoms with Crippen LogP contribution < -0.4 is 10.9 Å². The number of nitrogens with zero attached hydrogens (tertiary/aromatic N) is 2. The Hall–Kier alpha value is -2.94. The SMILES string of the molecule is CC(C)(C)CCCCCCCCCCCOC(=O)NNCCCN(CCCl)[C@@H](c1cc(-c2cc(F)ccc2F)cn1CCc1ccccc1)C(C)(C)C. The second-order valence-corrected chi connectivity index (χ2v) is 17.1. The van der Waals surface area contributed by atoms with Gasteiger partial charge in [0.15, 0.2) is 0 Å².